The van der Waals surface area contributed by atoms with Gasteiger partial charge in [-0.05, 0) is 43.7 Å². The first kappa shape index (κ1) is 24.0. The predicted molar refractivity (Wildman–Crippen MR) is 130 cm³/mol. The fourth-order valence-corrected chi connectivity index (χ4v) is 3.77. The molecule has 174 valence electrons. The van der Waals surface area contributed by atoms with E-state index in [2.05, 4.69) is 58.8 Å². The summed E-state index contributed by atoms with van der Waals surface area (Å²) in [5.74, 6) is 0.532. The minimum atomic E-state index is -0.190. The van der Waals surface area contributed by atoms with Crippen LogP contribution in [0.25, 0.3) is 0 Å². The molecule has 3 rings (SSSR count). The fourth-order valence-electron chi connectivity index (χ4n) is 3.77. The zero-order chi connectivity index (χ0) is 22.8. The van der Waals surface area contributed by atoms with Crippen molar-refractivity contribution in [3.05, 3.63) is 65.5 Å². The van der Waals surface area contributed by atoms with Crippen LogP contribution >= 0.6 is 0 Å². The number of nitrogens with zero attached hydrogens (tertiary/aromatic N) is 3. The molecule has 0 bridgehead atoms. The molecule has 1 unspecified atom stereocenters. The molecule has 1 atom stereocenters. The van der Waals surface area contributed by atoms with Crippen LogP contribution in [0.4, 0.5) is 10.1 Å². The normalized spacial score (nSPS) is 15.7. The third-order valence-electron chi connectivity index (χ3n) is 5.93. The monoisotopic (exact) mass is 441 g/mol. The molecule has 0 spiro atoms. The lowest BCUT2D eigenvalue weighted by Gasteiger charge is -2.29. The molecule has 0 aromatic heterocycles. The summed E-state index contributed by atoms with van der Waals surface area (Å²) in [6.45, 7) is 7.24. The number of anilines is 1. The van der Waals surface area contributed by atoms with E-state index in [0.717, 1.165) is 44.1 Å². The number of ether oxygens (including phenoxy) is 1. The van der Waals surface area contributed by atoms with Gasteiger partial charge in [0.2, 0.25) is 0 Å². The summed E-state index contributed by atoms with van der Waals surface area (Å²) >= 11 is 0. The Morgan fingerprint density at radius 1 is 1.12 bits per heavy atom. The van der Waals surface area contributed by atoms with E-state index in [1.54, 1.807) is 13.1 Å². The van der Waals surface area contributed by atoms with Gasteiger partial charge in [-0.3, -0.25) is 9.89 Å². The van der Waals surface area contributed by atoms with Gasteiger partial charge in [0.15, 0.2) is 5.96 Å². The van der Waals surface area contributed by atoms with E-state index < -0.39 is 0 Å². The molecule has 0 radical (unpaired) electrons. The van der Waals surface area contributed by atoms with Crippen LogP contribution < -0.4 is 15.5 Å². The molecular formula is C25H36FN5O. The van der Waals surface area contributed by atoms with Crippen molar-refractivity contribution >= 4 is 11.6 Å². The summed E-state index contributed by atoms with van der Waals surface area (Å²) in [5.41, 5.74) is 2.85. The Morgan fingerprint density at radius 2 is 1.88 bits per heavy atom. The smallest absolute Gasteiger partial charge is 0.191 e. The Hall–Kier alpha value is -2.64. The number of rotatable bonds is 9. The highest BCUT2D eigenvalue weighted by molar-refractivity contribution is 5.79. The van der Waals surface area contributed by atoms with Crippen LogP contribution in [0.1, 0.15) is 24.5 Å². The summed E-state index contributed by atoms with van der Waals surface area (Å²) in [6.07, 6.45) is 0.993. The van der Waals surface area contributed by atoms with E-state index in [0.29, 0.717) is 31.5 Å². The van der Waals surface area contributed by atoms with E-state index in [1.165, 1.54) is 5.56 Å². The summed E-state index contributed by atoms with van der Waals surface area (Å²) in [5, 5.41) is 6.64. The van der Waals surface area contributed by atoms with Crippen LogP contribution in [0.5, 0.6) is 0 Å². The van der Waals surface area contributed by atoms with Crippen LogP contribution in [0, 0.1) is 5.82 Å². The van der Waals surface area contributed by atoms with Gasteiger partial charge in [-0.25, -0.2) is 4.39 Å². The van der Waals surface area contributed by atoms with E-state index in [1.807, 2.05) is 23.1 Å². The van der Waals surface area contributed by atoms with Crippen molar-refractivity contribution in [1.82, 2.24) is 15.5 Å². The van der Waals surface area contributed by atoms with Crippen LogP contribution in [-0.2, 0) is 17.8 Å². The summed E-state index contributed by atoms with van der Waals surface area (Å²) in [6, 6.07) is 16.4. The van der Waals surface area contributed by atoms with Gasteiger partial charge in [-0.1, -0.05) is 36.4 Å². The van der Waals surface area contributed by atoms with Gasteiger partial charge in [0.25, 0.3) is 0 Å². The highest BCUT2D eigenvalue weighted by atomic mass is 19.1. The molecule has 2 aromatic rings. The molecule has 2 aromatic carbocycles. The van der Waals surface area contributed by atoms with Gasteiger partial charge in [-0.15, -0.1) is 0 Å². The first-order valence-corrected chi connectivity index (χ1v) is 11.4. The van der Waals surface area contributed by atoms with Crippen LogP contribution in [0.15, 0.2) is 53.5 Å². The first-order chi connectivity index (χ1) is 15.6. The number of benzene rings is 2. The molecule has 1 heterocycles. The van der Waals surface area contributed by atoms with Crippen molar-refractivity contribution in [1.29, 1.82) is 0 Å². The minimum absolute atomic E-state index is 0.190. The minimum Gasteiger partial charge on any atom is -0.378 e. The Bertz CT molecular complexity index is 855. The second-order valence-electron chi connectivity index (χ2n) is 8.28. The first-order valence-electron chi connectivity index (χ1n) is 11.4. The number of nitrogens with one attached hydrogen (secondary N) is 2. The average molecular weight is 442 g/mol. The molecule has 0 saturated carbocycles. The van der Waals surface area contributed by atoms with Crippen molar-refractivity contribution in [2.24, 2.45) is 4.99 Å². The van der Waals surface area contributed by atoms with Gasteiger partial charge < -0.3 is 20.3 Å². The van der Waals surface area contributed by atoms with Crippen molar-refractivity contribution in [3.63, 3.8) is 0 Å². The SMILES string of the molecule is CN=C(NCCC(C)N(C)Cc1ccccc1)NCc1ccc(N2CCOCC2)c(F)c1. The third kappa shape index (κ3) is 7.21. The zero-order valence-electron chi connectivity index (χ0n) is 19.5. The lowest BCUT2D eigenvalue weighted by molar-refractivity contribution is 0.122. The zero-order valence-corrected chi connectivity index (χ0v) is 19.5. The van der Waals surface area contributed by atoms with Crippen molar-refractivity contribution < 1.29 is 9.13 Å². The maximum absolute atomic E-state index is 14.6. The van der Waals surface area contributed by atoms with E-state index in [9.17, 15) is 4.39 Å². The van der Waals surface area contributed by atoms with Crippen LogP contribution in [-0.4, -0.2) is 63.8 Å². The number of aliphatic imine (C=N–C) groups is 1. The Morgan fingerprint density at radius 3 is 2.56 bits per heavy atom. The molecule has 0 amide bonds. The summed E-state index contributed by atoms with van der Waals surface area (Å²) in [7, 11) is 3.91. The lowest BCUT2D eigenvalue weighted by Crippen LogP contribution is -2.39. The van der Waals surface area contributed by atoms with Gasteiger partial charge in [0.1, 0.15) is 5.82 Å². The third-order valence-corrected chi connectivity index (χ3v) is 5.93. The van der Waals surface area contributed by atoms with Crippen molar-refractivity contribution in [3.8, 4) is 0 Å². The topological polar surface area (TPSA) is 52.1 Å². The van der Waals surface area contributed by atoms with E-state index in [4.69, 9.17) is 4.74 Å². The fraction of sp³-hybridized carbons (Fsp3) is 0.480. The summed E-state index contributed by atoms with van der Waals surface area (Å²) < 4.78 is 20.0. The lowest BCUT2D eigenvalue weighted by atomic mass is 10.1. The average Bonchev–Trinajstić information content (AvgIpc) is 2.82. The van der Waals surface area contributed by atoms with Crippen molar-refractivity contribution in [2.75, 3.05) is 51.8 Å². The summed E-state index contributed by atoms with van der Waals surface area (Å²) in [4.78, 5) is 8.68. The highest BCUT2D eigenvalue weighted by Gasteiger charge is 2.15. The molecule has 2 N–H and O–H groups in total. The Labute approximate surface area is 191 Å². The molecule has 1 aliphatic heterocycles. The molecule has 7 heteroatoms. The highest BCUT2D eigenvalue weighted by Crippen LogP contribution is 2.21. The Balaban J connectivity index is 1.41. The number of hydrogen-bond acceptors (Lipinski definition) is 4. The van der Waals surface area contributed by atoms with Crippen LogP contribution in [0.3, 0.4) is 0 Å². The largest absolute Gasteiger partial charge is 0.378 e. The second kappa shape index (κ2) is 12.4. The quantitative estimate of drug-likeness (QED) is 0.462. The molecule has 32 heavy (non-hydrogen) atoms. The van der Waals surface area contributed by atoms with Gasteiger partial charge in [-0.2, -0.15) is 0 Å². The predicted octanol–water partition coefficient (Wildman–Crippen LogP) is 3.24. The van der Waals surface area contributed by atoms with E-state index >= 15 is 0 Å². The maximum atomic E-state index is 14.6. The molecule has 1 fully saturated rings. The van der Waals surface area contributed by atoms with Gasteiger partial charge in [0.05, 0.1) is 18.9 Å². The number of hydrogen-bond donors (Lipinski definition) is 2. The molecule has 6 nitrogen and oxygen atoms in total. The van der Waals surface area contributed by atoms with E-state index in [-0.39, 0.29) is 5.82 Å². The number of morpholine rings is 1. The molecule has 0 aliphatic carbocycles. The molecule has 1 saturated heterocycles. The number of guanidine groups is 1. The van der Waals surface area contributed by atoms with Gasteiger partial charge >= 0.3 is 0 Å². The second-order valence-corrected chi connectivity index (χ2v) is 8.28. The van der Waals surface area contributed by atoms with Crippen molar-refractivity contribution in [2.45, 2.75) is 32.5 Å². The molecule has 1 aliphatic rings. The number of halogens is 1. The van der Waals surface area contributed by atoms with Crippen LogP contribution in [0.2, 0.25) is 0 Å². The Kier molecular flexibility index (Phi) is 9.31. The maximum Gasteiger partial charge on any atom is 0.191 e. The molecular weight excluding hydrogens is 405 g/mol. The standard InChI is InChI=1S/C25H36FN5O/c1-20(30(3)19-21-7-5-4-6-8-21)11-12-28-25(27-2)29-18-22-9-10-24(23(26)17-22)31-13-15-32-16-14-31/h4-10,17,20H,11-16,18-19H2,1-3H3,(H2,27,28,29). The van der Waals surface area contributed by atoms with Gasteiger partial charge in [0, 0.05) is 45.8 Å².